The summed E-state index contributed by atoms with van der Waals surface area (Å²) in [6.45, 7) is 1.57. The molecule has 0 amide bonds. The quantitative estimate of drug-likeness (QED) is 0.853. The zero-order chi connectivity index (χ0) is 12.5. The molecule has 1 saturated carbocycles. The summed E-state index contributed by atoms with van der Waals surface area (Å²) in [4.78, 5) is 0. The van der Waals surface area contributed by atoms with E-state index in [1.165, 1.54) is 25.0 Å². The lowest BCUT2D eigenvalue weighted by Gasteiger charge is -2.27. The van der Waals surface area contributed by atoms with Gasteiger partial charge in [0.2, 0.25) is 0 Å². The average molecular weight is 240 g/mol. The van der Waals surface area contributed by atoms with Crippen molar-refractivity contribution in [1.29, 1.82) is 0 Å². The molecular weight excluding hydrogens is 222 g/mol. The van der Waals surface area contributed by atoms with Crippen LogP contribution in [0.15, 0.2) is 18.2 Å². The zero-order valence-corrected chi connectivity index (χ0v) is 10.0. The number of benzene rings is 1. The highest BCUT2D eigenvalue weighted by Crippen LogP contribution is 2.37. The van der Waals surface area contributed by atoms with Gasteiger partial charge in [0.05, 0.1) is 5.60 Å². The molecule has 0 spiro atoms. The Balaban J connectivity index is 2.20. The van der Waals surface area contributed by atoms with Crippen LogP contribution in [0.2, 0.25) is 0 Å². The standard InChI is InChI=1S/C14H18F2O/c1-14(17,9-10-5-2-3-6-10)11-7-4-8-12(15)13(11)16/h4,7-8,10,17H,2-3,5-6,9H2,1H3. The predicted octanol–water partition coefficient (Wildman–Crippen LogP) is 3.75. The summed E-state index contributed by atoms with van der Waals surface area (Å²) >= 11 is 0. The molecule has 1 N–H and O–H groups in total. The number of aliphatic hydroxyl groups is 1. The van der Waals surface area contributed by atoms with Gasteiger partial charge in [-0.25, -0.2) is 8.78 Å². The van der Waals surface area contributed by atoms with Gasteiger partial charge < -0.3 is 5.11 Å². The van der Waals surface area contributed by atoms with Gasteiger partial charge in [-0.15, -0.1) is 0 Å². The van der Waals surface area contributed by atoms with Crippen LogP contribution in [0.3, 0.4) is 0 Å². The smallest absolute Gasteiger partial charge is 0.164 e. The first kappa shape index (κ1) is 12.5. The molecule has 0 aromatic heterocycles. The molecule has 0 bridgehead atoms. The third-order valence-electron chi connectivity index (χ3n) is 3.69. The summed E-state index contributed by atoms with van der Waals surface area (Å²) in [6.07, 6.45) is 5.01. The lowest BCUT2D eigenvalue weighted by atomic mass is 9.85. The van der Waals surface area contributed by atoms with Crippen LogP contribution in [0.25, 0.3) is 0 Å². The largest absolute Gasteiger partial charge is 0.385 e. The molecule has 1 aliphatic carbocycles. The molecule has 1 nitrogen and oxygen atoms in total. The second-order valence-corrected chi connectivity index (χ2v) is 5.23. The number of halogens is 2. The van der Waals surface area contributed by atoms with E-state index in [0.717, 1.165) is 18.9 Å². The van der Waals surface area contributed by atoms with Crippen molar-refractivity contribution in [2.24, 2.45) is 5.92 Å². The van der Waals surface area contributed by atoms with Crippen LogP contribution in [0.5, 0.6) is 0 Å². The second-order valence-electron chi connectivity index (χ2n) is 5.23. The van der Waals surface area contributed by atoms with Crippen molar-refractivity contribution in [3.8, 4) is 0 Å². The Morgan fingerprint density at radius 3 is 2.59 bits per heavy atom. The molecule has 1 fully saturated rings. The SMILES string of the molecule is CC(O)(CC1CCCC1)c1cccc(F)c1F. The van der Waals surface area contributed by atoms with Crippen molar-refractivity contribution in [3.63, 3.8) is 0 Å². The fraction of sp³-hybridized carbons (Fsp3) is 0.571. The minimum Gasteiger partial charge on any atom is -0.385 e. The van der Waals surface area contributed by atoms with E-state index >= 15 is 0 Å². The molecule has 17 heavy (non-hydrogen) atoms. The minimum absolute atomic E-state index is 0.0735. The molecule has 1 atom stereocenters. The average Bonchev–Trinajstić information content (AvgIpc) is 2.73. The summed E-state index contributed by atoms with van der Waals surface area (Å²) in [5.74, 6) is -1.39. The monoisotopic (exact) mass is 240 g/mol. The highest BCUT2D eigenvalue weighted by molar-refractivity contribution is 5.24. The molecule has 1 aromatic rings. The Kier molecular flexibility index (Phi) is 3.48. The Hall–Kier alpha value is -0.960. The van der Waals surface area contributed by atoms with E-state index in [1.807, 2.05) is 0 Å². The number of hydrogen-bond acceptors (Lipinski definition) is 1. The lowest BCUT2D eigenvalue weighted by molar-refractivity contribution is 0.0267. The molecule has 0 aliphatic heterocycles. The van der Waals surface area contributed by atoms with Crippen LogP contribution in [0.1, 0.15) is 44.6 Å². The van der Waals surface area contributed by atoms with Gasteiger partial charge >= 0.3 is 0 Å². The Labute approximate surface area is 100 Å². The Morgan fingerprint density at radius 2 is 1.94 bits per heavy atom. The van der Waals surface area contributed by atoms with Gasteiger partial charge in [-0.2, -0.15) is 0 Å². The van der Waals surface area contributed by atoms with E-state index in [1.54, 1.807) is 6.92 Å². The van der Waals surface area contributed by atoms with Crippen molar-refractivity contribution < 1.29 is 13.9 Å². The van der Waals surface area contributed by atoms with Gasteiger partial charge in [-0.1, -0.05) is 37.8 Å². The summed E-state index contributed by atoms with van der Waals surface area (Å²) in [5, 5.41) is 10.3. The van der Waals surface area contributed by atoms with Crippen molar-refractivity contribution in [1.82, 2.24) is 0 Å². The van der Waals surface area contributed by atoms with Gasteiger partial charge in [0.1, 0.15) is 0 Å². The maximum atomic E-state index is 13.6. The van der Waals surface area contributed by atoms with Gasteiger partial charge in [-0.3, -0.25) is 0 Å². The van der Waals surface area contributed by atoms with Gasteiger partial charge in [-0.05, 0) is 25.3 Å². The van der Waals surface area contributed by atoms with Crippen molar-refractivity contribution in [2.45, 2.75) is 44.6 Å². The maximum Gasteiger partial charge on any atom is 0.164 e. The first-order chi connectivity index (χ1) is 8.00. The van der Waals surface area contributed by atoms with Crippen molar-refractivity contribution in [2.75, 3.05) is 0 Å². The summed E-state index contributed by atoms with van der Waals surface area (Å²) in [6, 6.07) is 3.98. The maximum absolute atomic E-state index is 13.6. The van der Waals surface area contributed by atoms with Crippen LogP contribution < -0.4 is 0 Å². The molecular formula is C14H18F2O. The molecule has 3 heteroatoms. The third kappa shape index (κ3) is 2.65. The summed E-state index contributed by atoms with van der Waals surface area (Å²) in [7, 11) is 0. The molecule has 0 radical (unpaired) electrons. The second kappa shape index (κ2) is 4.73. The van der Waals surface area contributed by atoms with Crippen LogP contribution in [-0.4, -0.2) is 5.11 Å². The van der Waals surface area contributed by atoms with E-state index in [2.05, 4.69) is 0 Å². The predicted molar refractivity (Wildman–Crippen MR) is 62.5 cm³/mol. The zero-order valence-electron chi connectivity index (χ0n) is 10.0. The molecule has 1 aromatic carbocycles. The van der Waals surface area contributed by atoms with Gasteiger partial charge in [0, 0.05) is 5.56 Å². The highest BCUT2D eigenvalue weighted by Gasteiger charge is 2.32. The van der Waals surface area contributed by atoms with Crippen LogP contribution in [0, 0.1) is 17.6 Å². The fourth-order valence-electron chi connectivity index (χ4n) is 2.81. The van der Waals surface area contributed by atoms with E-state index in [9.17, 15) is 13.9 Å². The van der Waals surface area contributed by atoms with E-state index < -0.39 is 17.2 Å². The molecule has 1 aliphatic rings. The van der Waals surface area contributed by atoms with E-state index in [4.69, 9.17) is 0 Å². The van der Waals surface area contributed by atoms with Crippen LogP contribution in [0.4, 0.5) is 8.78 Å². The molecule has 0 saturated heterocycles. The van der Waals surface area contributed by atoms with Gasteiger partial charge in [0.25, 0.3) is 0 Å². The number of hydrogen-bond donors (Lipinski definition) is 1. The summed E-state index contributed by atoms with van der Waals surface area (Å²) in [5.41, 5.74) is -1.20. The van der Waals surface area contributed by atoms with Gasteiger partial charge in [0.15, 0.2) is 11.6 Å². The summed E-state index contributed by atoms with van der Waals surface area (Å²) < 4.78 is 26.8. The third-order valence-corrected chi connectivity index (χ3v) is 3.69. The molecule has 0 heterocycles. The van der Waals surface area contributed by atoms with Crippen LogP contribution in [-0.2, 0) is 5.60 Å². The van der Waals surface area contributed by atoms with Crippen molar-refractivity contribution >= 4 is 0 Å². The van der Waals surface area contributed by atoms with E-state index in [0.29, 0.717) is 12.3 Å². The lowest BCUT2D eigenvalue weighted by Crippen LogP contribution is -2.26. The Bertz CT molecular complexity index is 395. The molecule has 2 rings (SSSR count). The molecule has 1 unspecified atom stereocenters. The fourth-order valence-corrected chi connectivity index (χ4v) is 2.81. The molecule has 94 valence electrons. The normalized spacial score (nSPS) is 20.5. The Morgan fingerprint density at radius 1 is 1.29 bits per heavy atom. The number of rotatable bonds is 3. The van der Waals surface area contributed by atoms with Crippen molar-refractivity contribution in [3.05, 3.63) is 35.4 Å². The highest BCUT2D eigenvalue weighted by atomic mass is 19.2. The van der Waals surface area contributed by atoms with Crippen LogP contribution >= 0.6 is 0 Å². The topological polar surface area (TPSA) is 20.2 Å². The first-order valence-corrected chi connectivity index (χ1v) is 6.17. The first-order valence-electron chi connectivity index (χ1n) is 6.17. The minimum atomic E-state index is -1.28. The van der Waals surface area contributed by atoms with E-state index in [-0.39, 0.29) is 5.56 Å².